The van der Waals surface area contributed by atoms with Gasteiger partial charge in [-0.15, -0.1) is 0 Å². The molecule has 4 aromatic rings. The number of rotatable bonds is 15. The molecule has 13 nitrogen and oxygen atoms in total. The maximum absolute atomic E-state index is 15.5. The zero-order valence-electron chi connectivity index (χ0n) is 34.2. The van der Waals surface area contributed by atoms with Gasteiger partial charge in [-0.3, -0.25) is 19.2 Å². The quantitative estimate of drug-likeness (QED) is 0.114. The van der Waals surface area contributed by atoms with Crippen molar-refractivity contribution in [3.63, 3.8) is 0 Å². The first-order valence-corrected chi connectivity index (χ1v) is 21.0. The van der Waals surface area contributed by atoms with Gasteiger partial charge in [0.2, 0.25) is 23.6 Å². The molecule has 2 aromatic carbocycles. The van der Waals surface area contributed by atoms with Gasteiger partial charge < -0.3 is 40.6 Å². The number of carbonyl (C=O) groups is 4. The van der Waals surface area contributed by atoms with Crippen molar-refractivity contribution >= 4 is 45.6 Å². The molecule has 4 amide bonds. The van der Waals surface area contributed by atoms with Crippen LogP contribution in [0.2, 0.25) is 0 Å². The van der Waals surface area contributed by atoms with Gasteiger partial charge in [-0.05, 0) is 108 Å². The van der Waals surface area contributed by atoms with Gasteiger partial charge in [0, 0.05) is 42.4 Å². The first-order valence-electron chi connectivity index (χ1n) is 21.0. The molecule has 4 heterocycles. The van der Waals surface area contributed by atoms with Crippen molar-refractivity contribution in [2.45, 2.75) is 114 Å². The minimum Gasteiger partial charge on any atom is -0.352 e. The second-order valence-electron chi connectivity index (χ2n) is 17.2. The Morgan fingerprint density at radius 3 is 1.88 bits per heavy atom. The Labute approximate surface area is 345 Å². The van der Waals surface area contributed by atoms with Crippen LogP contribution in [0.5, 0.6) is 0 Å². The lowest BCUT2D eigenvalue weighted by atomic mass is 9.99. The lowest BCUT2D eigenvalue weighted by molar-refractivity contribution is -0.138. The van der Waals surface area contributed by atoms with E-state index in [9.17, 15) is 28.0 Å². The standard InChI is InChI=1S/C43H53F4N9O4/c1-21(48-3)40(57)52-36(23-5-6-23)42(59)54-18-27(46)13-29(54)17-32-31-11-9-25(44)15-33(31)50-38(32)39-51-34-16-26(45)10-12-35(34)56(39)20-30-14-28(47)19-55(30)43(60)37(24-7-8-24)53-41(58)22(2)49-4/h9-12,15-16,21-24,27-30,36-37,48-50H,5-8,13-14,17-20H2,1-4H3,(H,52,57)(H,53,58)/t21-,22-,27-,28-,29-,30-,36-,37-/m0/s1. The van der Waals surface area contributed by atoms with E-state index >= 15 is 8.78 Å². The smallest absolute Gasteiger partial charge is 0.245 e. The van der Waals surface area contributed by atoms with Crippen molar-refractivity contribution in [3.8, 4) is 11.5 Å². The molecule has 2 aromatic heterocycles. The van der Waals surface area contributed by atoms with Crippen LogP contribution in [0.25, 0.3) is 33.5 Å². The van der Waals surface area contributed by atoms with E-state index in [0.717, 1.165) is 25.7 Å². The van der Waals surface area contributed by atoms with E-state index in [-0.39, 0.29) is 79.9 Å². The van der Waals surface area contributed by atoms with E-state index in [1.165, 1.54) is 34.1 Å². The predicted octanol–water partition coefficient (Wildman–Crippen LogP) is 3.89. The summed E-state index contributed by atoms with van der Waals surface area (Å²) in [6, 6.07) is 4.37. The van der Waals surface area contributed by atoms with Crippen LogP contribution < -0.4 is 21.3 Å². The van der Waals surface area contributed by atoms with E-state index in [1.54, 1.807) is 44.6 Å². The molecule has 8 atom stereocenters. The number of likely N-dealkylation sites (tertiary alicyclic amines) is 2. The molecular formula is C43H53F4N9O4. The number of hydrogen-bond donors (Lipinski definition) is 5. The lowest BCUT2D eigenvalue weighted by Gasteiger charge is -2.30. The molecule has 2 saturated carbocycles. The fraction of sp³-hybridized carbons (Fsp3) is 0.558. The van der Waals surface area contributed by atoms with Crippen LogP contribution in [0.4, 0.5) is 17.6 Å². The summed E-state index contributed by atoms with van der Waals surface area (Å²) in [4.78, 5) is 65.6. The van der Waals surface area contributed by atoms with Gasteiger partial charge in [0.05, 0.1) is 47.9 Å². The highest BCUT2D eigenvalue weighted by molar-refractivity contribution is 5.93. The molecule has 4 aliphatic rings. The van der Waals surface area contributed by atoms with Gasteiger partial charge in [0.15, 0.2) is 5.82 Å². The number of benzene rings is 2. The number of carbonyl (C=O) groups excluding carboxylic acids is 4. The highest BCUT2D eigenvalue weighted by Gasteiger charge is 2.46. The highest BCUT2D eigenvalue weighted by Crippen LogP contribution is 2.40. The van der Waals surface area contributed by atoms with Crippen molar-refractivity contribution in [2.24, 2.45) is 11.8 Å². The normalized spacial score (nSPS) is 23.9. The second kappa shape index (κ2) is 16.8. The fourth-order valence-corrected chi connectivity index (χ4v) is 8.98. The number of likely N-dealkylation sites (N-methyl/N-ethyl adjacent to an activating group) is 2. The Morgan fingerprint density at radius 2 is 1.32 bits per heavy atom. The van der Waals surface area contributed by atoms with Gasteiger partial charge in [0.1, 0.15) is 36.1 Å². The Kier molecular flexibility index (Phi) is 11.7. The monoisotopic (exact) mass is 835 g/mol. The summed E-state index contributed by atoms with van der Waals surface area (Å²) in [5.74, 6) is -2.25. The number of nitrogens with one attached hydrogen (secondary N) is 5. The predicted molar refractivity (Wildman–Crippen MR) is 217 cm³/mol. The Hall–Kier alpha value is -5.03. The molecule has 0 radical (unpaired) electrons. The van der Waals surface area contributed by atoms with Crippen LogP contribution in [0.3, 0.4) is 0 Å². The van der Waals surface area contributed by atoms with E-state index in [4.69, 9.17) is 4.98 Å². The first-order chi connectivity index (χ1) is 28.7. The molecular weight excluding hydrogens is 783 g/mol. The molecule has 322 valence electrons. The summed E-state index contributed by atoms with van der Waals surface area (Å²) >= 11 is 0. The average molecular weight is 836 g/mol. The lowest BCUT2D eigenvalue weighted by Crippen LogP contribution is -2.54. The fourth-order valence-electron chi connectivity index (χ4n) is 8.98. The van der Waals surface area contributed by atoms with Crippen LogP contribution in [0, 0.1) is 23.5 Å². The van der Waals surface area contributed by atoms with Gasteiger partial charge in [0.25, 0.3) is 0 Å². The number of aromatic amines is 1. The number of hydrogen-bond acceptors (Lipinski definition) is 7. The number of amides is 4. The largest absolute Gasteiger partial charge is 0.352 e. The van der Waals surface area contributed by atoms with Crippen molar-refractivity contribution in [1.29, 1.82) is 0 Å². The van der Waals surface area contributed by atoms with Crippen LogP contribution in [-0.4, -0.2) is 124 Å². The molecule has 60 heavy (non-hydrogen) atoms. The van der Waals surface area contributed by atoms with Crippen molar-refractivity contribution in [2.75, 3.05) is 27.2 Å². The number of H-pyrrole nitrogens is 1. The van der Waals surface area contributed by atoms with Crippen LogP contribution in [-0.2, 0) is 32.1 Å². The summed E-state index contributed by atoms with van der Waals surface area (Å²) in [6.07, 6.45) is 0.550. The highest BCUT2D eigenvalue weighted by atomic mass is 19.1. The number of alkyl halides is 2. The Morgan fingerprint density at radius 1 is 0.783 bits per heavy atom. The third-order valence-electron chi connectivity index (χ3n) is 12.9. The summed E-state index contributed by atoms with van der Waals surface area (Å²) in [6.45, 7) is 3.12. The van der Waals surface area contributed by atoms with Crippen LogP contribution in [0.1, 0.15) is 57.9 Å². The summed E-state index contributed by atoms with van der Waals surface area (Å²) in [5.41, 5.74) is 2.26. The number of imidazole rings is 1. The van der Waals surface area contributed by atoms with Crippen molar-refractivity contribution < 1.29 is 36.7 Å². The van der Waals surface area contributed by atoms with Gasteiger partial charge in [-0.2, -0.15) is 0 Å². The van der Waals surface area contributed by atoms with Gasteiger partial charge in [-0.25, -0.2) is 22.5 Å². The topological polar surface area (TPSA) is 156 Å². The molecule has 0 bridgehead atoms. The summed E-state index contributed by atoms with van der Waals surface area (Å²) < 4.78 is 62.4. The number of nitrogens with zero attached hydrogens (tertiary/aromatic N) is 4. The zero-order chi connectivity index (χ0) is 42.6. The van der Waals surface area contributed by atoms with Crippen LogP contribution in [0.15, 0.2) is 36.4 Å². The molecule has 0 spiro atoms. The van der Waals surface area contributed by atoms with E-state index in [0.29, 0.717) is 33.5 Å². The third kappa shape index (κ3) is 8.34. The van der Waals surface area contributed by atoms with Gasteiger partial charge in [-0.1, -0.05) is 0 Å². The van der Waals surface area contributed by atoms with E-state index in [1.807, 2.05) is 0 Å². The molecule has 2 saturated heterocycles. The molecule has 0 unspecified atom stereocenters. The minimum absolute atomic E-state index is 0.0118. The van der Waals surface area contributed by atoms with E-state index in [2.05, 4.69) is 26.3 Å². The minimum atomic E-state index is -1.33. The SMILES string of the molecule is CN[C@@H](C)C(=O)N[C@H](C(=O)N1C[C@@H](F)C[C@H]1Cc1c(-c2nc3cc(F)ccc3n2C[C@@H]2C[C@H](F)CN2C(=O)[C@@H](NC(=O)[C@H](C)NC)C2CC2)[nH]c2cc(F)ccc12)C1CC1. The number of fused-ring (bicyclic) bond motifs is 2. The average Bonchev–Trinajstić information content (AvgIpc) is 4.13. The molecule has 2 aliphatic carbocycles. The Bertz CT molecular complexity index is 2130. The third-order valence-corrected chi connectivity index (χ3v) is 12.9. The first kappa shape index (κ1) is 41.7. The second-order valence-corrected chi connectivity index (χ2v) is 17.2. The zero-order valence-corrected chi connectivity index (χ0v) is 34.2. The summed E-state index contributed by atoms with van der Waals surface area (Å²) in [7, 11) is 3.30. The maximum Gasteiger partial charge on any atom is 0.245 e. The van der Waals surface area contributed by atoms with Crippen LogP contribution >= 0.6 is 0 Å². The maximum atomic E-state index is 15.5. The molecule has 4 fully saturated rings. The molecule has 17 heteroatoms. The van der Waals surface area contributed by atoms with E-state index < -0.39 is 60.2 Å². The summed E-state index contributed by atoms with van der Waals surface area (Å²) in [5, 5.41) is 12.2. The molecule has 5 N–H and O–H groups in total. The molecule has 8 rings (SSSR count). The van der Waals surface area contributed by atoms with Crippen molar-refractivity contribution in [1.82, 2.24) is 45.6 Å². The van der Waals surface area contributed by atoms with Gasteiger partial charge >= 0.3 is 0 Å². The van der Waals surface area contributed by atoms with Crippen molar-refractivity contribution in [3.05, 3.63) is 53.6 Å². The Balaban J connectivity index is 1.16. The number of aromatic nitrogens is 3. The molecule has 2 aliphatic heterocycles. The number of halogens is 4.